The van der Waals surface area contributed by atoms with Gasteiger partial charge in [-0.2, -0.15) is 4.98 Å². The first-order chi connectivity index (χ1) is 7.41. The van der Waals surface area contributed by atoms with E-state index in [4.69, 9.17) is 9.52 Å². The fraction of sp³-hybridized carbons (Fsp3) is 0.636. The van der Waals surface area contributed by atoms with Crippen molar-refractivity contribution in [2.24, 2.45) is 5.92 Å². The lowest BCUT2D eigenvalue weighted by Gasteiger charge is -2.26. The minimum Gasteiger partial charge on any atom is -0.476 e. The summed E-state index contributed by atoms with van der Waals surface area (Å²) in [7, 11) is 0. The second-order valence-corrected chi connectivity index (χ2v) is 4.46. The molecule has 1 aromatic heterocycles. The summed E-state index contributed by atoms with van der Waals surface area (Å²) in [6, 6.07) is 0.601. The quantitative estimate of drug-likeness (QED) is 0.834. The first-order valence-electron chi connectivity index (χ1n) is 5.37. The van der Waals surface area contributed by atoms with E-state index >= 15 is 0 Å². The number of aromatic nitrogens is 1. The van der Waals surface area contributed by atoms with E-state index < -0.39 is 5.97 Å². The number of carboxylic acids is 1. The maximum Gasteiger partial charge on any atom is 0.357 e. The smallest absolute Gasteiger partial charge is 0.357 e. The van der Waals surface area contributed by atoms with E-state index in [1.165, 1.54) is 6.26 Å². The first kappa shape index (κ1) is 12.5. The van der Waals surface area contributed by atoms with Crippen LogP contribution in [0.15, 0.2) is 10.7 Å². The van der Waals surface area contributed by atoms with E-state index in [1.54, 1.807) is 0 Å². The van der Waals surface area contributed by atoms with Gasteiger partial charge in [-0.15, -0.1) is 0 Å². The summed E-state index contributed by atoms with van der Waals surface area (Å²) in [5, 5.41) is 8.76. The van der Waals surface area contributed by atoms with Crippen LogP contribution >= 0.6 is 0 Å². The Morgan fingerprint density at radius 1 is 1.50 bits per heavy atom. The number of nitrogens with zero attached hydrogens (tertiary/aromatic N) is 2. The summed E-state index contributed by atoms with van der Waals surface area (Å²) in [6.07, 6.45) is 1.17. The highest BCUT2D eigenvalue weighted by molar-refractivity contribution is 5.85. The SMILES string of the molecule is CC(C)CN(c1nc(C(=O)O)co1)C(C)C. The molecule has 16 heavy (non-hydrogen) atoms. The van der Waals surface area contributed by atoms with Crippen molar-refractivity contribution in [1.29, 1.82) is 0 Å². The van der Waals surface area contributed by atoms with Gasteiger partial charge in [0.25, 0.3) is 6.01 Å². The van der Waals surface area contributed by atoms with Gasteiger partial charge < -0.3 is 14.4 Å². The lowest BCUT2D eigenvalue weighted by Crippen LogP contribution is -2.34. The van der Waals surface area contributed by atoms with Crippen molar-refractivity contribution in [3.05, 3.63) is 12.0 Å². The third-order valence-electron chi connectivity index (χ3n) is 2.14. The van der Waals surface area contributed by atoms with Gasteiger partial charge in [-0.25, -0.2) is 4.79 Å². The van der Waals surface area contributed by atoms with Crippen LogP contribution in [0.5, 0.6) is 0 Å². The third-order valence-corrected chi connectivity index (χ3v) is 2.14. The Labute approximate surface area is 95.1 Å². The van der Waals surface area contributed by atoms with E-state index in [9.17, 15) is 4.79 Å². The number of oxazole rings is 1. The molecule has 0 aliphatic heterocycles. The molecule has 0 amide bonds. The average molecular weight is 226 g/mol. The average Bonchev–Trinajstić information content (AvgIpc) is 2.61. The van der Waals surface area contributed by atoms with Crippen LogP contribution in [0.2, 0.25) is 0 Å². The molecule has 1 N–H and O–H groups in total. The monoisotopic (exact) mass is 226 g/mol. The molecule has 0 saturated heterocycles. The maximum absolute atomic E-state index is 10.7. The Kier molecular flexibility index (Phi) is 3.93. The topological polar surface area (TPSA) is 66.6 Å². The first-order valence-corrected chi connectivity index (χ1v) is 5.37. The van der Waals surface area contributed by atoms with Gasteiger partial charge in [-0.05, 0) is 19.8 Å². The van der Waals surface area contributed by atoms with Gasteiger partial charge in [0.15, 0.2) is 5.69 Å². The van der Waals surface area contributed by atoms with Crippen LogP contribution in [-0.4, -0.2) is 28.6 Å². The van der Waals surface area contributed by atoms with Gasteiger partial charge in [0.05, 0.1) is 0 Å². The largest absolute Gasteiger partial charge is 0.476 e. The Bertz CT molecular complexity index is 358. The second-order valence-electron chi connectivity index (χ2n) is 4.46. The van der Waals surface area contributed by atoms with Gasteiger partial charge in [-0.3, -0.25) is 0 Å². The molecule has 0 unspecified atom stereocenters. The van der Waals surface area contributed by atoms with Crippen molar-refractivity contribution >= 4 is 12.0 Å². The molecule has 5 heteroatoms. The summed E-state index contributed by atoms with van der Waals surface area (Å²) in [5.41, 5.74) is -0.0515. The molecule has 90 valence electrons. The molecule has 5 nitrogen and oxygen atoms in total. The van der Waals surface area contributed by atoms with Crippen molar-refractivity contribution in [2.75, 3.05) is 11.4 Å². The predicted octanol–water partition coefficient (Wildman–Crippen LogP) is 2.24. The van der Waals surface area contributed by atoms with Gasteiger partial charge in [-0.1, -0.05) is 13.8 Å². The normalized spacial score (nSPS) is 11.1. The Morgan fingerprint density at radius 2 is 2.12 bits per heavy atom. The van der Waals surface area contributed by atoms with Crippen LogP contribution in [0.1, 0.15) is 38.2 Å². The number of carboxylic acid groups (broad SMARTS) is 1. The lowest BCUT2D eigenvalue weighted by atomic mass is 10.2. The highest BCUT2D eigenvalue weighted by atomic mass is 16.4. The number of hydrogen-bond acceptors (Lipinski definition) is 4. The Morgan fingerprint density at radius 3 is 2.50 bits per heavy atom. The lowest BCUT2D eigenvalue weighted by molar-refractivity contribution is 0.0690. The predicted molar refractivity (Wildman–Crippen MR) is 60.8 cm³/mol. The van der Waals surface area contributed by atoms with E-state index in [0.717, 1.165) is 6.54 Å². The van der Waals surface area contributed by atoms with Crippen LogP contribution in [-0.2, 0) is 0 Å². The van der Waals surface area contributed by atoms with Crippen LogP contribution in [0.25, 0.3) is 0 Å². The zero-order chi connectivity index (χ0) is 12.3. The minimum absolute atomic E-state index is 0.0515. The number of rotatable bonds is 5. The molecule has 1 heterocycles. The molecule has 0 aliphatic rings. The standard InChI is InChI=1S/C11H18N2O3/c1-7(2)5-13(8(3)4)11-12-9(6-16-11)10(14)15/h6-8H,5H2,1-4H3,(H,14,15). The third kappa shape index (κ3) is 2.98. The fourth-order valence-corrected chi connectivity index (χ4v) is 1.40. The maximum atomic E-state index is 10.7. The van der Waals surface area contributed by atoms with E-state index in [-0.39, 0.29) is 11.7 Å². The summed E-state index contributed by atoms with van der Waals surface area (Å²) in [5.74, 6) is -0.606. The molecule has 0 spiro atoms. The summed E-state index contributed by atoms with van der Waals surface area (Å²) >= 11 is 0. The molecule has 0 radical (unpaired) electrons. The van der Waals surface area contributed by atoms with E-state index in [2.05, 4.69) is 18.8 Å². The number of hydrogen-bond donors (Lipinski definition) is 1. The van der Waals surface area contributed by atoms with Crippen molar-refractivity contribution in [2.45, 2.75) is 33.7 Å². The molecule has 0 saturated carbocycles. The summed E-state index contributed by atoms with van der Waals surface area (Å²) in [4.78, 5) is 16.6. The van der Waals surface area contributed by atoms with Crippen molar-refractivity contribution in [3.63, 3.8) is 0 Å². The molecule has 1 aromatic rings. The van der Waals surface area contributed by atoms with Crippen LogP contribution in [0.4, 0.5) is 6.01 Å². The molecule has 0 aromatic carbocycles. The van der Waals surface area contributed by atoms with Crippen molar-refractivity contribution < 1.29 is 14.3 Å². The van der Waals surface area contributed by atoms with Gasteiger partial charge in [0, 0.05) is 12.6 Å². The number of aromatic carboxylic acids is 1. The molecule has 0 aliphatic carbocycles. The number of anilines is 1. The Balaban J connectivity index is 2.88. The highest BCUT2D eigenvalue weighted by Crippen LogP contribution is 2.18. The van der Waals surface area contributed by atoms with Gasteiger partial charge >= 0.3 is 5.97 Å². The highest BCUT2D eigenvalue weighted by Gasteiger charge is 2.19. The van der Waals surface area contributed by atoms with Crippen molar-refractivity contribution in [1.82, 2.24) is 4.98 Å². The number of carbonyl (C=O) groups is 1. The van der Waals surface area contributed by atoms with E-state index in [0.29, 0.717) is 11.9 Å². The molecule has 1 rings (SSSR count). The van der Waals surface area contributed by atoms with Crippen molar-refractivity contribution in [3.8, 4) is 0 Å². The molecule has 0 fully saturated rings. The van der Waals surface area contributed by atoms with Crippen LogP contribution in [0.3, 0.4) is 0 Å². The summed E-state index contributed by atoms with van der Waals surface area (Å²) < 4.78 is 5.18. The van der Waals surface area contributed by atoms with Crippen LogP contribution < -0.4 is 4.90 Å². The molecule has 0 bridgehead atoms. The summed E-state index contributed by atoms with van der Waals surface area (Å²) in [6.45, 7) is 9.02. The zero-order valence-electron chi connectivity index (χ0n) is 10.1. The fourth-order valence-electron chi connectivity index (χ4n) is 1.40. The molecular formula is C11H18N2O3. The second kappa shape index (κ2) is 5.01. The minimum atomic E-state index is -1.07. The van der Waals surface area contributed by atoms with Gasteiger partial charge in [0.1, 0.15) is 6.26 Å². The molecule has 0 atom stereocenters. The van der Waals surface area contributed by atoms with E-state index in [1.807, 2.05) is 18.7 Å². The Hall–Kier alpha value is -1.52. The van der Waals surface area contributed by atoms with Crippen LogP contribution in [0, 0.1) is 5.92 Å². The molecular weight excluding hydrogens is 208 g/mol. The van der Waals surface area contributed by atoms with Gasteiger partial charge in [0.2, 0.25) is 0 Å². The zero-order valence-corrected chi connectivity index (χ0v) is 10.1.